The maximum Gasteiger partial charge on any atom is 0.243 e. The highest BCUT2D eigenvalue weighted by molar-refractivity contribution is 7.89. The van der Waals surface area contributed by atoms with Crippen LogP contribution < -0.4 is 9.47 Å². The van der Waals surface area contributed by atoms with Gasteiger partial charge in [0.2, 0.25) is 16.8 Å². The Bertz CT molecular complexity index is 965. The van der Waals surface area contributed by atoms with E-state index in [1.807, 2.05) is 0 Å². The monoisotopic (exact) mass is 408 g/mol. The summed E-state index contributed by atoms with van der Waals surface area (Å²) in [6.07, 6.45) is 0.658. The normalized spacial score (nSPS) is 18.2. The summed E-state index contributed by atoms with van der Waals surface area (Å²) in [5, 5.41) is 10.2. The Morgan fingerprint density at radius 1 is 1.00 bits per heavy atom. The van der Waals surface area contributed by atoms with Gasteiger partial charge in [-0.1, -0.05) is 0 Å². The lowest BCUT2D eigenvalue weighted by Crippen LogP contribution is -2.35. The van der Waals surface area contributed by atoms with E-state index in [2.05, 4.69) is 4.90 Å². The zero-order chi connectivity index (χ0) is 19.7. The van der Waals surface area contributed by atoms with Crippen molar-refractivity contribution in [3.05, 3.63) is 47.8 Å². The van der Waals surface area contributed by atoms with Gasteiger partial charge in [0.25, 0.3) is 0 Å². The number of hydrogen-bond acceptors (Lipinski definition) is 6. The van der Waals surface area contributed by atoms with Crippen LogP contribution in [0.4, 0.5) is 4.39 Å². The van der Waals surface area contributed by atoms with Crippen molar-refractivity contribution in [2.45, 2.75) is 17.9 Å². The summed E-state index contributed by atoms with van der Waals surface area (Å²) in [6.45, 7) is 2.55. The maximum absolute atomic E-state index is 13.1. The number of rotatable bonds is 4. The molecule has 2 heterocycles. The van der Waals surface area contributed by atoms with Crippen LogP contribution in [0.1, 0.15) is 12.0 Å². The number of phenolic OH excluding ortho intramolecular Hbond substituents is 1. The fourth-order valence-corrected chi connectivity index (χ4v) is 4.91. The predicted molar refractivity (Wildman–Crippen MR) is 99.3 cm³/mol. The van der Waals surface area contributed by atoms with Crippen molar-refractivity contribution in [3.63, 3.8) is 0 Å². The van der Waals surface area contributed by atoms with Gasteiger partial charge in [0.15, 0.2) is 11.5 Å². The molecule has 0 bridgehead atoms. The number of nitrogens with zero attached hydrogens (tertiary/aromatic N) is 2. The largest absolute Gasteiger partial charge is 0.507 e. The molecule has 0 atom stereocenters. The Kier molecular flexibility index (Phi) is 5.13. The molecule has 0 amide bonds. The minimum Gasteiger partial charge on any atom is -0.507 e. The maximum atomic E-state index is 13.1. The Morgan fingerprint density at radius 3 is 2.46 bits per heavy atom. The van der Waals surface area contributed by atoms with Gasteiger partial charge < -0.3 is 14.6 Å². The van der Waals surface area contributed by atoms with E-state index < -0.39 is 15.8 Å². The second-order valence-corrected chi connectivity index (χ2v) is 8.76. The summed E-state index contributed by atoms with van der Waals surface area (Å²) in [7, 11) is -3.66. The van der Waals surface area contributed by atoms with Gasteiger partial charge in [-0.2, -0.15) is 4.31 Å². The van der Waals surface area contributed by atoms with Gasteiger partial charge in [-0.05, 0) is 43.3 Å². The van der Waals surface area contributed by atoms with E-state index in [4.69, 9.17) is 9.47 Å². The van der Waals surface area contributed by atoms with Gasteiger partial charge in [0, 0.05) is 37.8 Å². The number of phenols is 1. The zero-order valence-electron chi connectivity index (χ0n) is 15.2. The molecule has 0 spiro atoms. The van der Waals surface area contributed by atoms with Crippen molar-refractivity contribution in [3.8, 4) is 17.2 Å². The quantitative estimate of drug-likeness (QED) is 0.835. The SMILES string of the molecule is O=S(=O)(c1ccc(F)cc1)N1CCCN(Cc2cc3c(cc2O)OCO3)CC1. The van der Waals surface area contributed by atoms with Crippen LogP contribution in [0.15, 0.2) is 41.3 Å². The molecule has 1 saturated heterocycles. The van der Waals surface area contributed by atoms with Crippen LogP contribution in [0.3, 0.4) is 0 Å². The Morgan fingerprint density at radius 2 is 1.71 bits per heavy atom. The van der Waals surface area contributed by atoms with Crippen LogP contribution in [0.5, 0.6) is 17.2 Å². The van der Waals surface area contributed by atoms with Crippen LogP contribution in [-0.4, -0.2) is 55.7 Å². The third-order valence-electron chi connectivity index (χ3n) is 4.97. The molecule has 4 rings (SSSR count). The van der Waals surface area contributed by atoms with E-state index >= 15 is 0 Å². The summed E-state index contributed by atoms with van der Waals surface area (Å²) >= 11 is 0. The van der Waals surface area contributed by atoms with Crippen LogP contribution >= 0.6 is 0 Å². The molecule has 0 aromatic heterocycles. The molecule has 2 aromatic carbocycles. The molecule has 28 heavy (non-hydrogen) atoms. The first-order chi connectivity index (χ1) is 13.4. The van der Waals surface area contributed by atoms with E-state index in [1.54, 1.807) is 12.1 Å². The lowest BCUT2D eigenvalue weighted by molar-refractivity contribution is 0.174. The van der Waals surface area contributed by atoms with E-state index in [0.717, 1.165) is 12.1 Å². The number of sulfonamides is 1. The first-order valence-electron chi connectivity index (χ1n) is 9.03. The minimum atomic E-state index is -3.66. The van der Waals surface area contributed by atoms with Gasteiger partial charge in [-0.25, -0.2) is 12.8 Å². The third kappa shape index (κ3) is 3.78. The van der Waals surface area contributed by atoms with Gasteiger partial charge in [-0.15, -0.1) is 0 Å². The Labute approximate surface area is 162 Å². The Hall–Kier alpha value is -2.36. The van der Waals surface area contributed by atoms with Crippen LogP contribution in [0.2, 0.25) is 0 Å². The Balaban J connectivity index is 1.45. The summed E-state index contributed by atoms with van der Waals surface area (Å²) < 4.78 is 50.8. The third-order valence-corrected chi connectivity index (χ3v) is 6.88. The number of benzene rings is 2. The number of fused-ring (bicyclic) bond motifs is 1. The molecule has 2 aliphatic heterocycles. The molecule has 150 valence electrons. The van der Waals surface area contributed by atoms with Gasteiger partial charge in [0.1, 0.15) is 11.6 Å². The van der Waals surface area contributed by atoms with Gasteiger partial charge in [-0.3, -0.25) is 4.90 Å². The molecule has 0 unspecified atom stereocenters. The second-order valence-electron chi connectivity index (χ2n) is 6.82. The lowest BCUT2D eigenvalue weighted by atomic mass is 10.1. The lowest BCUT2D eigenvalue weighted by Gasteiger charge is -2.22. The number of ether oxygens (including phenoxy) is 2. The molecule has 0 radical (unpaired) electrons. The van der Waals surface area contributed by atoms with Crippen molar-refractivity contribution >= 4 is 10.0 Å². The fraction of sp³-hybridized carbons (Fsp3) is 0.368. The highest BCUT2D eigenvalue weighted by Crippen LogP contribution is 2.38. The summed E-state index contributed by atoms with van der Waals surface area (Å²) in [6, 6.07) is 8.19. The standard InChI is InChI=1S/C19H21FN2O5S/c20-15-2-4-16(5-3-15)28(24,25)22-7-1-6-21(8-9-22)12-14-10-18-19(11-17(14)23)27-13-26-18/h2-5,10-11,23H,1,6-9,12-13H2. The predicted octanol–water partition coefficient (Wildman–Crippen LogP) is 2.16. The number of halogens is 1. The molecule has 2 aromatic rings. The molecule has 0 aliphatic carbocycles. The van der Waals surface area contributed by atoms with Crippen LogP contribution in [-0.2, 0) is 16.6 Å². The van der Waals surface area contributed by atoms with E-state index in [-0.39, 0.29) is 17.4 Å². The van der Waals surface area contributed by atoms with Crippen molar-refractivity contribution in [2.24, 2.45) is 0 Å². The van der Waals surface area contributed by atoms with E-state index in [1.165, 1.54) is 16.4 Å². The summed E-state index contributed by atoms with van der Waals surface area (Å²) in [4.78, 5) is 2.19. The van der Waals surface area contributed by atoms with Crippen molar-refractivity contribution in [1.29, 1.82) is 0 Å². The topological polar surface area (TPSA) is 79.3 Å². The van der Waals surface area contributed by atoms with Gasteiger partial charge >= 0.3 is 0 Å². The summed E-state index contributed by atoms with van der Waals surface area (Å²) in [5.74, 6) is 0.783. The van der Waals surface area contributed by atoms with Crippen LogP contribution in [0, 0.1) is 5.82 Å². The zero-order valence-corrected chi connectivity index (χ0v) is 16.0. The molecule has 1 fully saturated rings. The smallest absolute Gasteiger partial charge is 0.243 e. The average Bonchev–Trinajstić information content (AvgIpc) is 2.97. The summed E-state index contributed by atoms with van der Waals surface area (Å²) in [5.41, 5.74) is 0.707. The highest BCUT2D eigenvalue weighted by atomic mass is 32.2. The molecule has 2 aliphatic rings. The van der Waals surface area contributed by atoms with Crippen molar-refractivity contribution in [2.75, 3.05) is 33.0 Å². The molecule has 9 heteroatoms. The molecule has 0 saturated carbocycles. The first kappa shape index (κ1) is 19.0. The van der Waals surface area contributed by atoms with Crippen molar-refractivity contribution in [1.82, 2.24) is 9.21 Å². The second kappa shape index (κ2) is 7.57. The average molecular weight is 408 g/mol. The molecule has 1 N–H and O–H groups in total. The highest BCUT2D eigenvalue weighted by Gasteiger charge is 2.27. The number of aromatic hydroxyl groups is 1. The minimum absolute atomic E-state index is 0.0933. The van der Waals surface area contributed by atoms with Crippen LogP contribution in [0.25, 0.3) is 0 Å². The molecular weight excluding hydrogens is 387 g/mol. The fourth-order valence-electron chi connectivity index (χ4n) is 3.44. The first-order valence-corrected chi connectivity index (χ1v) is 10.5. The van der Waals surface area contributed by atoms with Crippen molar-refractivity contribution < 1.29 is 27.4 Å². The number of hydrogen-bond donors (Lipinski definition) is 1. The molecule has 7 nitrogen and oxygen atoms in total. The van der Waals surface area contributed by atoms with Gasteiger partial charge in [0.05, 0.1) is 4.90 Å². The van der Waals surface area contributed by atoms with E-state index in [0.29, 0.717) is 56.2 Å². The van der Waals surface area contributed by atoms with E-state index in [9.17, 15) is 17.9 Å². The molecular formula is C19H21FN2O5S.